The van der Waals surface area contributed by atoms with Gasteiger partial charge >= 0.3 is 0 Å². The maximum absolute atomic E-state index is 12.4. The van der Waals surface area contributed by atoms with Crippen LogP contribution in [0, 0.1) is 0 Å². The number of amides is 1. The van der Waals surface area contributed by atoms with Crippen molar-refractivity contribution in [2.45, 2.75) is 69.9 Å². The molecule has 23 heavy (non-hydrogen) atoms. The van der Waals surface area contributed by atoms with Crippen LogP contribution in [0.1, 0.15) is 56.9 Å². The van der Waals surface area contributed by atoms with Gasteiger partial charge in [-0.3, -0.25) is 9.69 Å². The summed E-state index contributed by atoms with van der Waals surface area (Å²) >= 11 is 0. The van der Waals surface area contributed by atoms with Gasteiger partial charge in [0.2, 0.25) is 5.91 Å². The van der Waals surface area contributed by atoms with E-state index in [2.05, 4.69) is 40.5 Å². The molecule has 1 aliphatic heterocycles. The minimum atomic E-state index is 0.233. The maximum Gasteiger partial charge on any atom is 0.234 e. The fraction of sp³-hybridized carbons (Fsp3) is 0.650. The molecular weight excluding hydrogens is 284 g/mol. The van der Waals surface area contributed by atoms with E-state index in [1.807, 2.05) is 0 Å². The predicted molar refractivity (Wildman–Crippen MR) is 94.4 cm³/mol. The van der Waals surface area contributed by atoms with Crippen molar-refractivity contribution in [3.8, 4) is 0 Å². The van der Waals surface area contributed by atoms with E-state index >= 15 is 0 Å². The first-order valence-corrected chi connectivity index (χ1v) is 9.38. The van der Waals surface area contributed by atoms with Crippen LogP contribution in [0.25, 0.3) is 0 Å². The lowest BCUT2D eigenvalue weighted by molar-refractivity contribution is -0.123. The Hall–Kier alpha value is -1.35. The fourth-order valence-corrected chi connectivity index (χ4v) is 4.10. The fourth-order valence-electron chi connectivity index (χ4n) is 4.10. The molecule has 0 unspecified atom stereocenters. The number of nitrogens with one attached hydrogen (secondary N) is 1. The van der Waals surface area contributed by atoms with E-state index < -0.39 is 0 Å². The number of nitrogens with zero attached hydrogens (tertiary/aromatic N) is 1. The first-order valence-electron chi connectivity index (χ1n) is 9.38. The first-order chi connectivity index (χ1) is 11.3. The molecule has 3 rings (SSSR count). The Labute approximate surface area is 140 Å². The smallest absolute Gasteiger partial charge is 0.234 e. The molecule has 3 nitrogen and oxygen atoms in total. The molecule has 126 valence electrons. The predicted octanol–water partition coefficient (Wildman–Crippen LogP) is 3.53. The van der Waals surface area contributed by atoms with Crippen LogP contribution in [0.5, 0.6) is 0 Å². The molecule has 0 aromatic heterocycles. The van der Waals surface area contributed by atoms with Crippen LogP contribution in [-0.4, -0.2) is 36.0 Å². The summed E-state index contributed by atoms with van der Waals surface area (Å²) in [5.41, 5.74) is 1.38. The Bertz CT molecular complexity index is 480. The number of hydrogen-bond donors (Lipinski definition) is 1. The molecular formula is C20H30N2O. The average molecular weight is 314 g/mol. The molecule has 1 atom stereocenters. The summed E-state index contributed by atoms with van der Waals surface area (Å²) in [4.78, 5) is 14.8. The highest BCUT2D eigenvalue weighted by Gasteiger charge is 2.27. The Morgan fingerprint density at radius 2 is 1.74 bits per heavy atom. The van der Waals surface area contributed by atoms with Gasteiger partial charge in [-0.25, -0.2) is 0 Å². The lowest BCUT2D eigenvalue weighted by Crippen LogP contribution is -2.44. The highest BCUT2D eigenvalue weighted by Crippen LogP contribution is 2.21. The van der Waals surface area contributed by atoms with Gasteiger partial charge in [0.25, 0.3) is 0 Å². The number of likely N-dealkylation sites (tertiary alicyclic amines) is 1. The van der Waals surface area contributed by atoms with Gasteiger partial charge in [-0.05, 0) is 44.2 Å². The number of benzene rings is 1. The van der Waals surface area contributed by atoms with Crippen molar-refractivity contribution in [2.24, 2.45) is 0 Å². The molecule has 1 amide bonds. The zero-order chi connectivity index (χ0) is 15.9. The summed E-state index contributed by atoms with van der Waals surface area (Å²) in [5, 5.41) is 3.29. The van der Waals surface area contributed by atoms with E-state index in [1.54, 1.807) is 0 Å². The van der Waals surface area contributed by atoms with Crippen molar-refractivity contribution in [3.63, 3.8) is 0 Å². The minimum absolute atomic E-state index is 0.233. The van der Waals surface area contributed by atoms with Crippen molar-refractivity contribution < 1.29 is 4.79 Å². The van der Waals surface area contributed by atoms with Gasteiger partial charge in [0.05, 0.1) is 6.54 Å². The van der Waals surface area contributed by atoms with Crippen molar-refractivity contribution in [3.05, 3.63) is 35.9 Å². The van der Waals surface area contributed by atoms with Crippen LogP contribution < -0.4 is 5.32 Å². The van der Waals surface area contributed by atoms with Crippen molar-refractivity contribution in [1.82, 2.24) is 10.2 Å². The lowest BCUT2D eigenvalue weighted by Gasteiger charge is -2.25. The van der Waals surface area contributed by atoms with Gasteiger partial charge in [-0.1, -0.05) is 56.0 Å². The van der Waals surface area contributed by atoms with E-state index in [1.165, 1.54) is 56.9 Å². The SMILES string of the molecule is O=C(CN1CCC[C@H]1Cc1ccccc1)NC1CCCCCC1. The lowest BCUT2D eigenvalue weighted by atomic mass is 10.0. The molecule has 1 aromatic carbocycles. The quantitative estimate of drug-likeness (QED) is 0.843. The highest BCUT2D eigenvalue weighted by molar-refractivity contribution is 5.78. The molecule has 1 heterocycles. The zero-order valence-electron chi connectivity index (χ0n) is 14.2. The molecule has 2 fully saturated rings. The molecule has 1 aliphatic carbocycles. The van der Waals surface area contributed by atoms with Gasteiger partial charge < -0.3 is 5.32 Å². The molecule has 3 heteroatoms. The van der Waals surface area contributed by atoms with Gasteiger partial charge in [-0.2, -0.15) is 0 Å². The normalized spacial score (nSPS) is 23.6. The van der Waals surface area contributed by atoms with E-state index in [4.69, 9.17) is 0 Å². The number of hydrogen-bond acceptors (Lipinski definition) is 2. The van der Waals surface area contributed by atoms with Crippen LogP contribution in [-0.2, 0) is 11.2 Å². The van der Waals surface area contributed by atoms with E-state index in [-0.39, 0.29) is 5.91 Å². The summed E-state index contributed by atoms with van der Waals surface area (Å²) in [6.07, 6.45) is 11.0. The van der Waals surface area contributed by atoms with Crippen LogP contribution in [0.15, 0.2) is 30.3 Å². The maximum atomic E-state index is 12.4. The largest absolute Gasteiger partial charge is 0.352 e. The van der Waals surface area contributed by atoms with Crippen LogP contribution in [0.4, 0.5) is 0 Å². The molecule has 0 spiro atoms. The van der Waals surface area contributed by atoms with Crippen molar-refractivity contribution in [2.75, 3.05) is 13.1 Å². The third kappa shape index (κ3) is 5.07. The Morgan fingerprint density at radius 1 is 1.00 bits per heavy atom. The average Bonchev–Trinajstić information content (AvgIpc) is 2.82. The van der Waals surface area contributed by atoms with Gasteiger partial charge in [-0.15, -0.1) is 0 Å². The second kappa shape index (κ2) is 8.49. The second-order valence-electron chi connectivity index (χ2n) is 7.21. The summed E-state index contributed by atoms with van der Waals surface area (Å²) in [7, 11) is 0. The number of carbonyl (C=O) groups excluding carboxylic acids is 1. The number of carbonyl (C=O) groups is 1. The monoisotopic (exact) mass is 314 g/mol. The Kier molecular flexibility index (Phi) is 6.09. The molecule has 1 saturated heterocycles. The summed E-state index contributed by atoms with van der Waals surface area (Å²) in [6.45, 7) is 1.64. The van der Waals surface area contributed by atoms with E-state index in [9.17, 15) is 4.79 Å². The molecule has 1 aromatic rings. The van der Waals surface area contributed by atoms with Gasteiger partial charge in [0, 0.05) is 12.1 Å². The molecule has 1 saturated carbocycles. The van der Waals surface area contributed by atoms with E-state index in [0.717, 1.165) is 13.0 Å². The van der Waals surface area contributed by atoms with Crippen LogP contribution in [0.3, 0.4) is 0 Å². The summed E-state index contributed by atoms with van der Waals surface area (Å²) < 4.78 is 0. The van der Waals surface area contributed by atoms with Crippen molar-refractivity contribution >= 4 is 5.91 Å². The molecule has 0 bridgehead atoms. The van der Waals surface area contributed by atoms with Crippen molar-refractivity contribution in [1.29, 1.82) is 0 Å². The summed E-state index contributed by atoms with van der Waals surface area (Å²) in [5.74, 6) is 0.233. The molecule has 0 radical (unpaired) electrons. The van der Waals surface area contributed by atoms with Gasteiger partial charge in [0.15, 0.2) is 0 Å². The third-order valence-electron chi connectivity index (χ3n) is 5.38. The van der Waals surface area contributed by atoms with Crippen LogP contribution in [0.2, 0.25) is 0 Å². The zero-order valence-corrected chi connectivity index (χ0v) is 14.2. The number of rotatable bonds is 5. The molecule has 2 aliphatic rings. The third-order valence-corrected chi connectivity index (χ3v) is 5.38. The molecule has 1 N–H and O–H groups in total. The van der Waals surface area contributed by atoms with E-state index in [0.29, 0.717) is 18.6 Å². The standard InChI is InChI=1S/C20H30N2O/c23-20(21-18-11-6-1-2-7-12-18)16-22-14-8-13-19(22)15-17-9-4-3-5-10-17/h3-5,9-10,18-19H,1-2,6-8,11-16H2,(H,21,23)/t19-/m0/s1. The highest BCUT2D eigenvalue weighted by atomic mass is 16.2. The van der Waals surface area contributed by atoms with Crippen LogP contribution >= 0.6 is 0 Å². The minimum Gasteiger partial charge on any atom is -0.352 e. The van der Waals surface area contributed by atoms with Gasteiger partial charge in [0.1, 0.15) is 0 Å². The summed E-state index contributed by atoms with van der Waals surface area (Å²) in [6, 6.07) is 11.6. The second-order valence-corrected chi connectivity index (χ2v) is 7.21. The Balaban J connectivity index is 1.48. The topological polar surface area (TPSA) is 32.3 Å². The first kappa shape index (κ1) is 16.5. The Morgan fingerprint density at radius 3 is 2.48 bits per heavy atom.